The summed E-state index contributed by atoms with van der Waals surface area (Å²) in [5.41, 5.74) is 0.691. The minimum absolute atomic E-state index is 0.00202. The van der Waals surface area contributed by atoms with Crippen molar-refractivity contribution in [3.05, 3.63) is 23.3 Å². The van der Waals surface area contributed by atoms with Gasteiger partial charge in [0.25, 0.3) is 0 Å². The Morgan fingerprint density at radius 3 is 2.67 bits per heavy atom. The number of aliphatic hydroxyl groups is 1. The van der Waals surface area contributed by atoms with Crippen LogP contribution in [0.15, 0.2) is 23.3 Å². The zero-order valence-corrected chi connectivity index (χ0v) is 21.8. The summed E-state index contributed by atoms with van der Waals surface area (Å²) in [4.78, 5) is 27.2. The minimum atomic E-state index is -1.08. The molecule has 0 radical (unpaired) electrons. The molecule has 1 N–H and O–H groups in total. The topological polar surface area (TPSA) is 85.4 Å². The Balaban J connectivity index is 1.33. The molecule has 194 valence electrons. The molecular weight excluding hydrogens is 456 g/mol. The highest BCUT2D eigenvalue weighted by atomic mass is 16.6. The van der Waals surface area contributed by atoms with Gasteiger partial charge in [0.05, 0.1) is 28.6 Å². The quantitative estimate of drug-likeness (QED) is 0.310. The smallest absolute Gasteiger partial charge is 0.313 e. The van der Waals surface area contributed by atoms with Crippen LogP contribution < -0.4 is 0 Å². The standard InChI is InChI=1S/C30H38O6/c1-13-6-7-19-24(22-18(13)10-20-28(22,5)36-20)35-26(32)29(19)11-16-12-30(29)21(14(16)2)23-17(8-9-27(30,4)33)15(3)25(31)34-23/h15-20,22-24,33H,1,6-12H2,2-5H3/t15-,16-,17-,18-,19+,20+,22-,23+,24-,27-,28+,29+,30+/m0/s1. The molecule has 3 saturated heterocycles. The summed E-state index contributed by atoms with van der Waals surface area (Å²) in [7, 11) is 0. The third-order valence-electron chi connectivity index (χ3n) is 13.0. The lowest BCUT2D eigenvalue weighted by atomic mass is 9.48. The fourth-order valence-electron chi connectivity index (χ4n) is 11.3. The van der Waals surface area contributed by atoms with Gasteiger partial charge in [-0.05, 0) is 83.1 Å². The highest BCUT2D eigenvalue weighted by molar-refractivity contribution is 5.85. The summed E-state index contributed by atoms with van der Waals surface area (Å²) in [5.74, 6) is 0.252. The molecule has 5 aliphatic carbocycles. The Bertz CT molecular complexity index is 1170. The van der Waals surface area contributed by atoms with Gasteiger partial charge in [0.15, 0.2) is 0 Å². The molecule has 0 unspecified atom stereocenters. The van der Waals surface area contributed by atoms with Gasteiger partial charge >= 0.3 is 11.9 Å². The van der Waals surface area contributed by atoms with Gasteiger partial charge in [-0.25, -0.2) is 0 Å². The first kappa shape index (κ1) is 22.3. The maximum atomic E-state index is 14.4. The van der Waals surface area contributed by atoms with E-state index in [0.29, 0.717) is 12.3 Å². The van der Waals surface area contributed by atoms with Crippen LogP contribution in [0.5, 0.6) is 0 Å². The SMILES string of the molecule is C=C1CC[C@@H]2[C@H](OC(=O)[C@@]23C[C@H]2C[C@]34C(=C2C)[C@@H]2OC(=O)[C@@H](C)[C@@H]2CC[C@]4(C)O)[C@@H]2[C@H]1C[C@H]1O[C@@]21C. The van der Waals surface area contributed by atoms with E-state index in [1.165, 1.54) is 11.1 Å². The molecular formula is C30H38O6. The molecule has 4 saturated carbocycles. The molecule has 3 heterocycles. The van der Waals surface area contributed by atoms with Crippen LogP contribution >= 0.6 is 0 Å². The molecule has 2 spiro atoms. The molecule has 0 aromatic carbocycles. The third-order valence-corrected chi connectivity index (χ3v) is 13.0. The number of carbonyl (C=O) groups excluding carboxylic acids is 2. The molecule has 2 bridgehead atoms. The number of hydrogen-bond donors (Lipinski definition) is 1. The van der Waals surface area contributed by atoms with Crippen LogP contribution in [0, 0.1) is 46.3 Å². The summed E-state index contributed by atoms with van der Waals surface area (Å²) in [6.07, 6.45) is 5.15. The van der Waals surface area contributed by atoms with Crippen molar-refractivity contribution in [2.24, 2.45) is 46.3 Å². The van der Waals surface area contributed by atoms with Gasteiger partial charge in [0.1, 0.15) is 12.2 Å². The summed E-state index contributed by atoms with van der Waals surface area (Å²) < 4.78 is 18.8. The number of rotatable bonds is 0. The van der Waals surface area contributed by atoms with Gasteiger partial charge in [0.2, 0.25) is 0 Å². The number of allylic oxidation sites excluding steroid dienone is 2. The molecule has 7 fully saturated rings. The Hall–Kier alpha value is -1.66. The van der Waals surface area contributed by atoms with Crippen molar-refractivity contribution < 1.29 is 28.9 Å². The van der Waals surface area contributed by atoms with Crippen molar-refractivity contribution in [2.75, 3.05) is 0 Å². The molecule has 8 aliphatic rings. The van der Waals surface area contributed by atoms with E-state index >= 15 is 0 Å². The fourth-order valence-corrected chi connectivity index (χ4v) is 11.3. The first-order valence-corrected chi connectivity index (χ1v) is 14.2. The highest BCUT2D eigenvalue weighted by Crippen LogP contribution is 2.79. The molecule has 3 aliphatic heterocycles. The second kappa shape index (κ2) is 6.31. The van der Waals surface area contributed by atoms with E-state index in [0.717, 1.165) is 44.1 Å². The zero-order chi connectivity index (χ0) is 25.2. The van der Waals surface area contributed by atoms with Gasteiger partial charge < -0.3 is 19.3 Å². The largest absolute Gasteiger partial charge is 0.461 e. The van der Waals surface area contributed by atoms with E-state index in [9.17, 15) is 14.7 Å². The number of esters is 2. The van der Waals surface area contributed by atoms with E-state index in [2.05, 4.69) is 20.4 Å². The summed E-state index contributed by atoms with van der Waals surface area (Å²) >= 11 is 0. The van der Waals surface area contributed by atoms with E-state index in [1.54, 1.807) is 0 Å². The zero-order valence-electron chi connectivity index (χ0n) is 21.8. The van der Waals surface area contributed by atoms with Crippen LogP contribution in [0.1, 0.15) is 72.6 Å². The lowest BCUT2D eigenvalue weighted by Gasteiger charge is -2.54. The molecule has 13 atom stereocenters. The predicted octanol–water partition coefficient (Wildman–Crippen LogP) is 4.11. The molecule has 6 nitrogen and oxygen atoms in total. The number of epoxide rings is 1. The number of fused-ring (bicyclic) bond motifs is 9. The van der Waals surface area contributed by atoms with E-state index in [-0.39, 0.29) is 65.4 Å². The van der Waals surface area contributed by atoms with Crippen LogP contribution in [0.4, 0.5) is 0 Å². The average molecular weight is 495 g/mol. The second-order valence-electron chi connectivity index (χ2n) is 14.0. The Morgan fingerprint density at radius 1 is 1.11 bits per heavy atom. The van der Waals surface area contributed by atoms with Crippen LogP contribution in [-0.4, -0.2) is 46.6 Å². The van der Waals surface area contributed by atoms with Gasteiger partial charge in [-0.2, -0.15) is 0 Å². The molecule has 0 aromatic rings. The maximum absolute atomic E-state index is 14.4. The molecule has 36 heavy (non-hydrogen) atoms. The lowest BCUT2D eigenvalue weighted by Crippen LogP contribution is -2.60. The van der Waals surface area contributed by atoms with Crippen molar-refractivity contribution >= 4 is 11.9 Å². The lowest BCUT2D eigenvalue weighted by molar-refractivity contribution is -0.169. The first-order chi connectivity index (χ1) is 17.0. The predicted molar refractivity (Wildman–Crippen MR) is 129 cm³/mol. The van der Waals surface area contributed by atoms with Crippen LogP contribution in [-0.2, 0) is 23.8 Å². The Morgan fingerprint density at radius 2 is 1.89 bits per heavy atom. The summed E-state index contributed by atoms with van der Waals surface area (Å²) in [6, 6.07) is 0. The Kier molecular flexibility index (Phi) is 3.91. The van der Waals surface area contributed by atoms with Crippen LogP contribution in [0.2, 0.25) is 0 Å². The number of ether oxygens (including phenoxy) is 3. The van der Waals surface area contributed by atoms with Gasteiger partial charge in [0, 0.05) is 23.2 Å². The van der Waals surface area contributed by atoms with Crippen LogP contribution in [0.25, 0.3) is 0 Å². The average Bonchev–Trinajstić information content (AvgIpc) is 3.11. The first-order valence-electron chi connectivity index (χ1n) is 14.2. The molecule has 0 aromatic heterocycles. The maximum Gasteiger partial charge on any atom is 0.313 e. The van der Waals surface area contributed by atoms with Crippen molar-refractivity contribution in [3.8, 4) is 0 Å². The highest BCUT2D eigenvalue weighted by Gasteiger charge is 2.83. The van der Waals surface area contributed by atoms with E-state index in [4.69, 9.17) is 14.2 Å². The third kappa shape index (κ3) is 2.12. The van der Waals surface area contributed by atoms with E-state index in [1.807, 2.05) is 13.8 Å². The van der Waals surface area contributed by atoms with Crippen LogP contribution in [0.3, 0.4) is 0 Å². The van der Waals surface area contributed by atoms with E-state index < -0.39 is 16.4 Å². The number of hydrogen-bond acceptors (Lipinski definition) is 6. The monoisotopic (exact) mass is 494 g/mol. The molecule has 0 amide bonds. The summed E-state index contributed by atoms with van der Waals surface area (Å²) in [6.45, 7) is 12.8. The van der Waals surface area contributed by atoms with Gasteiger partial charge in [-0.15, -0.1) is 0 Å². The minimum Gasteiger partial charge on any atom is -0.461 e. The van der Waals surface area contributed by atoms with Gasteiger partial charge in [-0.1, -0.05) is 24.6 Å². The Labute approximate surface area is 212 Å². The van der Waals surface area contributed by atoms with Crippen molar-refractivity contribution in [3.63, 3.8) is 0 Å². The summed E-state index contributed by atoms with van der Waals surface area (Å²) in [5, 5.41) is 12.5. The molecule has 6 heteroatoms. The fraction of sp³-hybridized carbons (Fsp3) is 0.800. The van der Waals surface area contributed by atoms with Gasteiger partial charge in [-0.3, -0.25) is 9.59 Å². The van der Waals surface area contributed by atoms with Crippen molar-refractivity contribution in [1.29, 1.82) is 0 Å². The number of carbonyl (C=O) groups is 2. The normalized spacial score (nSPS) is 60.1. The van der Waals surface area contributed by atoms with Crippen molar-refractivity contribution in [2.45, 2.75) is 102 Å². The molecule has 8 rings (SSSR count). The second-order valence-corrected chi connectivity index (χ2v) is 14.0. The van der Waals surface area contributed by atoms with Crippen molar-refractivity contribution in [1.82, 2.24) is 0 Å².